The number of rotatable bonds is 6. The maximum absolute atomic E-state index is 13.2. The lowest BCUT2D eigenvalue weighted by Crippen LogP contribution is -2.31. The van der Waals surface area contributed by atoms with Crippen molar-refractivity contribution in [2.45, 2.75) is 36.7 Å². The van der Waals surface area contributed by atoms with Crippen LogP contribution in [0.5, 0.6) is 5.75 Å². The normalized spacial score (nSPS) is 16.0. The molecule has 1 N–H and O–H groups in total. The zero-order valence-corrected chi connectivity index (χ0v) is 19.8. The molecule has 0 bridgehead atoms. The van der Waals surface area contributed by atoms with Crippen LogP contribution in [0.1, 0.15) is 35.6 Å². The van der Waals surface area contributed by atoms with Crippen molar-refractivity contribution < 1.29 is 13.2 Å². The number of methoxy groups -OCH3 is 1. The lowest BCUT2D eigenvalue weighted by Gasteiger charge is -2.26. The molecule has 0 aliphatic heterocycles. The van der Waals surface area contributed by atoms with Gasteiger partial charge >= 0.3 is 4.87 Å². The van der Waals surface area contributed by atoms with Gasteiger partial charge in [-0.3, -0.25) is 9.36 Å². The first kappa shape index (κ1) is 21.9. The Balaban J connectivity index is 1.44. The van der Waals surface area contributed by atoms with Gasteiger partial charge in [-0.2, -0.15) is 0 Å². The van der Waals surface area contributed by atoms with E-state index in [0.717, 1.165) is 58.6 Å². The summed E-state index contributed by atoms with van der Waals surface area (Å²) < 4.78 is 37.0. The summed E-state index contributed by atoms with van der Waals surface area (Å²) in [6.45, 7) is 0.451. The second-order valence-electron chi connectivity index (χ2n) is 8.20. The van der Waals surface area contributed by atoms with Crippen LogP contribution in [-0.4, -0.2) is 20.1 Å². The molecule has 1 aliphatic carbocycles. The van der Waals surface area contributed by atoms with Gasteiger partial charge in [-0.25, -0.2) is 13.1 Å². The predicted octanol–water partition coefficient (Wildman–Crippen LogP) is 4.48. The molecule has 8 heteroatoms. The van der Waals surface area contributed by atoms with E-state index in [1.807, 2.05) is 48.5 Å². The zero-order valence-electron chi connectivity index (χ0n) is 18.2. The Hall–Kier alpha value is -2.94. The molecule has 4 aromatic rings. The lowest BCUT2D eigenvalue weighted by atomic mass is 9.88. The average molecular weight is 481 g/mol. The third-order valence-electron chi connectivity index (χ3n) is 6.10. The summed E-state index contributed by atoms with van der Waals surface area (Å²) >= 11 is 1.07. The van der Waals surface area contributed by atoms with E-state index in [-0.39, 0.29) is 15.8 Å². The topological polar surface area (TPSA) is 77.4 Å². The van der Waals surface area contributed by atoms with Crippen LogP contribution in [0, 0.1) is 0 Å². The number of benzene rings is 3. The van der Waals surface area contributed by atoms with E-state index in [9.17, 15) is 13.2 Å². The van der Waals surface area contributed by atoms with Gasteiger partial charge in [0.25, 0.3) is 0 Å². The monoisotopic (exact) mass is 480 g/mol. The Morgan fingerprint density at radius 3 is 2.70 bits per heavy atom. The minimum atomic E-state index is -3.76. The Kier molecular flexibility index (Phi) is 5.82. The summed E-state index contributed by atoms with van der Waals surface area (Å²) in [5.41, 5.74) is 3.86. The highest BCUT2D eigenvalue weighted by Gasteiger charge is 2.26. The van der Waals surface area contributed by atoms with Crippen LogP contribution in [0.4, 0.5) is 0 Å². The lowest BCUT2D eigenvalue weighted by molar-refractivity contribution is 0.412. The van der Waals surface area contributed by atoms with Gasteiger partial charge in [0.1, 0.15) is 5.75 Å². The first-order valence-electron chi connectivity index (χ1n) is 10.8. The molecule has 0 fully saturated rings. The fourth-order valence-corrected chi connectivity index (χ4v) is 6.71. The Labute approximate surface area is 196 Å². The van der Waals surface area contributed by atoms with Crippen molar-refractivity contribution in [3.05, 3.63) is 93.1 Å². The van der Waals surface area contributed by atoms with Gasteiger partial charge in [0.2, 0.25) is 10.0 Å². The highest BCUT2D eigenvalue weighted by molar-refractivity contribution is 7.89. The van der Waals surface area contributed by atoms with E-state index in [2.05, 4.69) is 4.72 Å². The summed E-state index contributed by atoms with van der Waals surface area (Å²) in [7, 11) is -2.13. The number of ether oxygens (including phenoxy) is 1. The molecule has 0 amide bonds. The van der Waals surface area contributed by atoms with Crippen LogP contribution < -0.4 is 14.3 Å². The third-order valence-corrected chi connectivity index (χ3v) is 8.51. The van der Waals surface area contributed by atoms with Crippen molar-refractivity contribution >= 4 is 31.6 Å². The zero-order chi connectivity index (χ0) is 23.0. The van der Waals surface area contributed by atoms with E-state index in [0.29, 0.717) is 11.2 Å². The molecule has 5 rings (SSSR count). The van der Waals surface area contributed by atoms with Crippen molar-refractivity contribution in [1.29, 1.82) is 0 Å². The molecule has 0 saturated heterocycles. The molecule has 170 valence electrons. The van der Waals surface area contributed by atoms with Gasteiger partial charge < -0.3 is 4.74 Å². The van der Waals surface area contributed by atoms with Crippen molar-refractivity contribution in [3.8, 4) is 5.75 Å². The highest BCUT2D eigenvalue weighted by atomic mass is 32.2. The number of nitrogens with zero attached hydrogens (tertiary/aromatic N) is 1. The maximum Gasteiger partial charge on any atom is 0.308 e. The van der Waals surface area contributed by atoms with Crippen molar-refractivity contribution in [3.63, 3.8) is 0 Å². The summed E-state index contributed by atoms with van der Waals surface area (Å²) in [5, 5.41) is 0. The Morgan fingerprint density at radius 1 is 1.09 bits per heavy atom. The minimum Gasteiger partial charge on any atom is -0.497 e. The number of aryl methyl sites for hydroxylation is 1. The number of hydrogen-bond donors (Lipinski definition) is 1. The van der Waals surface area contributed by atoms with E-state index >= 15 is 0 Å². The summed E-state index contributed by atoms with van der Waals surface area (Å²) in [4.78, 5) is 12.7. The number of hydrogen-bond acceptors (Lipinski definition) is 5. The molecule has 6 nitrogen and oxygen atoms in total. The molecule has 3 aromatic carbocycles. The van der Waals surface area contributed by atoms with Gasteiger partial charge in [0.15, 0.2) is 0 Å². The van der Waals surface area contributed by atoms with Crippen LogP contribution >= 0.6 is 11.3 Å². The Bertz CT molecular complexity index is 1470. The molecular formula is C25H24N2O4S2. The van der Waals surface area contributed by atoms with E-state index in [1.165, 1.54) is 0 Å². The largest absolute Gasteiger partial charge is 0.497 e. The van der Waals surface area contributed by atoms with Crippen LogP contribution in [0.3, 0.4) is 0 Å². The first-order valence-corrected chi connectivity index (χ1v) is 13.1. The summed E-state index contributed by atoms with van der Waals surface area (Å²) in [5.74, 6) is 0.776. The molecule has 33 heavy (non-hydrogen) atoms. The standard InChI is InChI=1S/C25H24N2O4S2/c1-31-19-10-12-21-18(14-19)8-5-9-22(21)26-33(29,30)20-11-13-23-24(15-20)32-25(28)27(23)16-17-6-3-2-4-7-17/h2-4,6-7,10-15,22,26H,5,8-9,16H2,1H3. The molecule has 1 aliphatic rings. The third kappa shape index (κ3) is 4.34. The fraction of sp³-hybridized carbons (Fsp3) is 0.240. The number of sulfonamides is 1. The van der Waals surface area contributed by atoms with Gasteiger partial charge in [-0.05, 0) is 66.3 Å². The predicted molar refractivity (Wildman–Crippen MR) is 131 cm³/mol. The summed E-state index contributed by atoms with van der Waals surface area (Å²) in [6.07, 6.45) is 2.54. The second-order valence-corrected chi connectivity index (χ2v) is 10.9. The number of aromatic nitrogens is 1. The molecule has 1 aromatic heterocycles. The molecule has 1 atom stereocenters. The van der Waals surface area contributed by atoms with Gasteiger partial charge in [-0.1, -0.05) is 47.7 Å². The average Bonchev–Trinajstić information content (AvgIpc) is 3.13. The van der Waals surface area contributed by atoms with Gasteiger partial charge in [-0.15, -0.1) is 0 Å². The maximum atomic E-state index is 13.2. The quantitative estimate of drug-likeness (QED) is 0.442. The highest BCUT2D eigenvalue weighted by Crippen LogP contribution is 2.33. The first-order chi connectivity index (χ1) is 15.9. The van der Waals surface area contributed by atoms with Crippen molar-refractivity contribution in [2.75, 3.05) is 7.11 Å². The molecule has 0 spiro atoms. The molecule has 0 saturated carbocycles. The molecule has 0 radical (unpaired) electrons. The van der Waals surface area contributed by atoms with Gasteiger partial charge in [0.05, 0.1) is 28.8 Å². The number of thiazole rings is 1. The van der Waals surface area contributed by atoms with Crippen LogP contribution in [0.2, 0.25) is 0 Å². The van der Waals surface area contributed by atoms with Crippen molar-refractivity contribution in [1.82, 2.24) is 9.29 Å². The van der Waals surface area contributed by atoms with Crippen LogP contribution in [-0.2, 0) is 23.0 Å². The van der Waals surface area contributed by atoms with Gasteiger partial charge in [0, 0.05) is 6.04 Å². The van der Waals surface area contributed by atoms with E-state index in [4.69, 9.17) is 4.74 Å². The Morgan fingerprint density at radius 2 is 1.91 bits per heavy atom. The van der Waals surface area contributed by atoms with Crippen LogP contribution in [0.15, 0.2) is 76.4 Å². The summed E-state index contributed by atoms with van der Waals surface area (Å²) in [6, 6.07) is 20.1. The molecular weight excluding hydrogens is 456 g/mol. The van der Waals surface area contributed by atoms with E-state index in [1.54, 1.807) is 29.9 Å². The van der Waals surface area contributed by atoms with E-state index < -0.39 is 10.0 Å². The second kappa shape index (κ2) is 8.78. The number of nitrogens with one attached hydrogen (secondary N) is 1. The fourth-order valence-electron chi connectivity index (χ4n) is 4.42. The van der Waals surface area contributed by atoms with Crippen molar-refractivity contribution in [2.24, 2.45) is 0 Å². The van der Waals surface area contributed by atoms with Crippen LogP contribution in [0.25, 0.3) is 10.2 Å². The smallest absolute Gasteiger partial charge is 0.308 e. The molecule has 1 heterocycles. The SMILES string of the molecule is COc1ccc2c(c1)CCCC2NS(=O)(=O)c1ccc2c(c1)sc(=O)n2Cc1ccccc1. The minimum absolute atomic E-state index is 0.105. The molecule has 1 unspecified atom stereocenters. The number of fused-ring (bicyclic) bond motifs is 2.